The van der Waals surface area contributed by atoms with E-state index in [1.165, 1.54) is 11.3 Å². The molecule has 1 aliphatic carbocycles. The maximum absolute atomic E-state index is 13.2. The van der Waals surface area contributed by atoms with Crippen LogP contribution in [0.5, 0.6) is 0 Å². The molecule has 1 fully saturated rings. The lowest BCUT2D eigenvalue weighted by Gasteiger charge is -2.26. The number of nitrogens with one attached hydrogen (secondary N) is 1. The Hall–Kier alpha value is -2.47. The Balaban J connectivity index is 1.83. The van der Waals surface area contributed by atoms with Gasteiger partial charge < -0.3 is 10.4 Å². The quantitative estimate of drug-likeness (QED) is 0.543. The number of carbonyl (C=O) groups is 3. The van der Waals surface area contributed by atoms with Gasteiger partial charge in [0.1, 0.15) is 5.00 Å². The molecule has 2 aromatic rings. The predicted octanol–water partition coefficient (Wildman–Crippen LogP) is 5.52. The van der Waals surface area contributed by atoms with Gasteiger partial charge in [0.25, 0.3) is 0 Å². The van der Waals surface area contributed by atoms with Crippen molar-refractivity contribution >= 4 is 34.0 Å². The average molecular weight is 428 g/mol. The van der Waals surface area contributed by atoms with Crippen LogP contribution in [0.2, 0.25) is 0 Å². The molecule has 5 nitrogen and oxygen atoms in total. The highest BCUT2D eigenvalue weighted by Gasteiger charge is 2.38. The van der Waals surface area contributed by atoms with Crippen LogP contribution >= 0.6 is 11.3 Å². The molecule has 0 atom stereocenters. The minimum Gasteiger partial charge on any atom is -0.481 e. The van der Waals surface area contributed by atoms with Gasteiger partial charge in [-0.2, -0.15) is 0 Å². The van der Waals surface area contributed by atoms with E-state index in [0.29, 0.717) is 16.1 Å². The summed E-state index contributed by atoms with van der Waals surface area (Å²) in [6.45, 7) is 6.00. The summed E-state index contributed by atoms with van der Waals surface area (Å²) in [5, 5.41) is 12.8. The second-order valence-electron chi connectivity index (χ2n) is 8.44. The first-order chi connectivity index (χ1) is 14.2. The average Bonchev–Trinajstić information content (AvgIpc) is 3.29. The number of ketones is 1. The fourth-order valence-corrected chi connectivity index (χ4v) is 5.30. The van der Waals surface area contributed by atoms with E-state index in [4.69, 9.17) is 0 Å². The van der Waals surface area contributed by atoms with E-state index in [1.54, 1.807) is 0 Å². The molecule has 1 saturated carbocycles. The van der Waals surface area contributed by atoms with Gasteiger partial charge >= 0.3 is 5.97 Å². The molecular formula is C24H29NO4S. The molecule has 0 aliphatic heterocycles. The fourth-order valence-electron chi connectivity index (χ4n) is 4.29. The first kappa shape index (κ1) is 22.2. The number of carbonyl (C=O) groups excluding carboxylic acids is 2. The number of hydrogen-bond donors (Lipinski definition) is 2. The van der Waals surface area contributed by atoms with E-state index in [-0.39, 0.29) is 24.5 Å². The third kappa shape index (κ3) is 4.98. The number of anilines is 1. The molecule has 1 amide bonds. The van der Waals surface area contributed by atoms with Crippen molar-refractivity contribution in [2.75, 3.05) is 5.32 Å². The van der Waals surface area contributed by atoms with Gasteiger partial charge in [-0.05, 0) is 61.8 Å². The van der Waals surface area contributed by atoms with Gasteiger partial charge in [-0.1, -0.05) is 31.9 Å². The number of aryl methyl sites for hydroxylation is 3. The number of hydrogen-bond acceptors (Lipinski definition) is 4. The van der Waals surface area contributed by atoms with E-state index in [1.807, 2.05) is 45.0 Å². The van der Waals surface area contributed by atoms with Crippen LogP contribution < -0.4 is 5.32 Å². The molecule has 1 aromatic heterocycles. The standard InChI is InChI=1S/C24H29NO4S/c1-4-18-12-19(22(29)17-8-7-15(2)16(3)11-17)23(30-18)25-20(26)13-24(14-21(27)28)9-5-6-10-24/h7-8,11-12H,4-6,9-10,13-14H2,1-3H3,(H,25,26)(H,27,28). The zero-order valence-electron chi connectivity index (χ0n) is 17.8. The highest BCUT2D eigenvalue weighted by molar-refractivity contribution is 7.16. The summed E-state index contributed by atoms with van der Waals surface area (Å²) in [5.74, 6) is -1.18. The molecular weight excluding hydrogens is 398 g/mol. The van der Waals surface area contributed by atoms with Gasteiger partial charge in [0.15, 0.2) is 5.78 Å². The van der Waals surface area contributed by atoms with Crippen LogP contribution in [0.3, 0.4) is 0 Å². The lowest BCUT2D eigenvalue weighted by Crippen LogP contribution is -2.27. The normalized spacial score (nSPS) is 15.2. The number of thiophene rings is 1. The van der Waals surface area contributed by atoms with Crippen LogP contribution in [-0.2, 0) is 16.0 Å². The number of aliphatic carboxylic acids is 1. The van der Waals surface area contributed by atoms with Crippen molar-refractivity contribution in [3.8, 4) is 0 Å². The second kappa shape index (κ2) is 9.13. The monoisotopic (exact) mass is 427 g/mol. The molecule has 2 N–H and O–H groups in total. The Labute approximate surface area is 181 Å². The van der Waals surface area contributed by atoms with Crippen LogP contribution in [0, 0.1) is 19.3 Å². The molecule has 0 bridgehead atoms. The summed E-state index contributed by atoms with van der Waals surface area (Å²) in [4.78, 5) is 38.4. The molecule has 1 heterocycles. The summed E-state index contributed by atoms with van der Waals surface area (Å²) >= 11 is 1.42. The predicted molar refractivity (Wildman–Crippen MR) is 119 cm³/mol. The minimum atomic E-state index is -0.861. The van der Waals surface area contributed by atoms with Gasteiger partial charge in [0.05, 0.1) is 12.0 Å². The molecule has 0 unspecified atom stereocenters. The van der Waals surface area contributed by atoms with Gasteiger partial charge in [-0.15, -0.1) is 11.3 Å². The van der Waals surface area contributed by atoms with E-state index in [0.717, 1.165) is 48.1 Å². The van der Waals surface area contributed by atoms with Crippen molar-refractivity contribution in [2.45, 2.75) is 65.7 Å². The van der Waals surface area contributed by atoms with Gasteiger partial charge in [-0.25, -0.2) is 0 Å². The van der Waals surface area contributed by atoms with Crippen molar-refractivity contribution in [1.29, 1.82) is 0 Å². The van der Waals surface area contributed by atoms with Crippen LogP contribution in [-0.4, -0.2) is 22.8 Å². The smallest absolute Gasteiger partial charge is 0.303 e. The minimum absolute atomic E-state index is 0.0134. The number of rotatable bonds is 8. The topological polar surface area (TPSA) is 83.5 Å². The van der Waals surface area contributed by atoms with Crippen molar-refractivity contribution in [2.24, 2.45) is 5.41 Å². The van der Waals surface area contributed by atoms with Crippen molar-refractivity contribution in [3.05, 3.63) is 51.4 Å². The Kier molecular flexibility index (Phi) is 6.76. The maximum Gasteiger partial charge on any atom is 0.303 e. The summed E-state index contributed by atoms with van der Waals surface area (Å²) in [5.41, 5.74) is 2.81. The summed E-state index contributed by atoms with van der Waals surface area (Å²) in [7, 11) is 0. The Bertz CT molecular complexity index is 970. The molecule has 0 radical (unpaired) electrons. The molecule has 30 heavy (non-hydrogen) atoms. The summed E-state index contributed by atoms with van der Waals surface area (Å²) < 4.78 is 0. The summed E-state index contributed by atoms with van der Waals surface area (Å²) in [6.07, 6.45) is 4.38. The Morgan fingerprint density at radius 3 is 2.37 bits per heavy atom. The van der Waals surface area contributed by atoms with Gasteiger partial charge in [-0.3, -0.25) is 14.4 Å². The fraction of sp³-hybridized carbons (Fsp3) is 0.458. The van der Waals surface area contributed by atoms with E-state index >= 15 is 0 Å². The van der Waals surface area contributed by atoms with Crippen LogP contribution in [0.1, 0.15) is 77.4 Å². The Morgan fingerprint density at radius 2 is 1.77 bits per heavy atom. The maximum atomic E-state index is 13.2. The van der Waals surface area contributed by atoms with Gasteiger partial charge in [0.2, 0.25) is 5.91 Å². The zero-order valence-corrected chi connectivity index (χ0v) is 18.7. The SMILES string of the molecule is CCc1cc(C(=O)c2ccc(C)c(C)c2)c(NC(=O)CC2(CC(=O)O)CCCC2)s1. The van der Waals surface area contributed by atoms with Crippen LogP contribution in [0.25, 0.3) is 0 Å². The molecule has 6 heteroatoms. The first-order valence-electron chi connectivity index (χ1n) is 10.5. The number of benzene rings is 1. The lowest BCUT2D eigenvalue weighted by molar-refractivity contribution is -0.140. The van der Waals surface area contributed by atoms with Crippen molar-refractivity contribution in [3.63, 3.8) is 0 Å². The highest BCUT2D eigenvalue weighted by atomic mass is 32.1. The van der Waals surface area contributed by atoms with E-state index < -0.39 is 11.4 Å². The third-order valence-electron chi connectivity index (χ3n) is 6.12. The van der Waals surface area contributed by atoms with Gasteiger partial charge in [0, 0.05) is 16.9 Å². The summed E-state index contributed by atoms with van der Waals surface area (Å²) in [6, 6.07) is 7.50. The van der Waals surface area contributed by atoms with E-state index in [2.05, 4.69) is 5.32 Å². The van der Waals surface area contributed by atoms with Crippen molar-refractivity contribution < 1.29 is 19.5 Å². The Morgan fingerprint density at radius 1 is 1.07 bits per heavy atom. The molecule has 0 spiro atoms. The highest BCUT2D eigenvalue weighted by Crippen LogP contribution is 2.44. The van der Waals surface area contributed by atoms with E-state index in [9.17, 15) is 19.5 Å². The van der Waals surface area contributed by atoms with Crippen LogP contribution in [0.4, 0.5) is 5.00 Å². The number of carboxylic acid groups (broad SMARTS) is 1. The van der Waals surface area contributed by atoms with Crippen LogP contribution in [0.15, 0.2) is 24.3 Å². The van der Waals surface area contributed by atoms with Crippen molar-refractivity contribution in [1.82, 2.24) is 0 Å². The largest absolute Gasteiger partial charge is 0.481 e. The molecule has 160 valence electrons. The molecule has 1 aliphatic rings. The first-order valence-corrected chi connectivity index (χ1v) is 11.3. The molecule has 3 rings (SSSR count). The number of amides is 1. The molecule has 0 saturated heterocycles. The third-order valence-corrected chi connectivity index (χ3v) is 7.32. The lowest BCUT2D eigenvalue weighted by atomic mass is 9.79. The second-order valence-corrected chi connectivity index (χ2v) is 9.58. The zero-order chi connectivity index (χ0) is 21.9. The molecule has 1 aromatic carbocycles. The number of carboxylic acids is 1.